The number of benzene rings is 2. The van der Waals surface area contributed by atoms with Crippen molar-refractivity contribution in [3.63, 3.8) is 0 Å². The molecule has 0 saturated carbocycles. The summed E-state index contributed by atoms with van der Waals surface area (Å²) < 4.78 is 0. The van der Waals surface area contributed by atoms with Crippen molar-refractivity contribution in [3.8, 4) is 11.1 Å². The Balaban J connectivity index is 2.72. The van der Waals surface area contributed by atoms with Crippen LogP contribution in [0.3, 0.4) is 0 Å². The Hall–Kier alpha value is -2.60. The lowest BCUT2D eigenvalue weighted by molar-refractivity contribution is 0.506. The fraction of sp³-hybridized carbons (Fsp3) is 0.259. The first kappa shape index (κ1) is 20.7. The molecular weight excluding hydrogens is 324 g/mol. The molecule has 0 spiro atoms. The molecule has 0 bridgehead atoms. The summed E-state index contributed by atoms with van der Waals surface area (Å²) >= 11 is 0. The Morgan fingerprint density at radius 1 is 0.963 bits per heavy atom. The molecule has 0 heteroatoms. The molecule has 0 radical (unpaired) electrons. The molecule has 0 N–H and O–H groups in total. The standard InChI is InChI=1S/C27H32/c1-8-12-14-25-23(10-3)24(13-9-2)20(5)19-26(25)21-15-17-22(18-16-21)27(6,7)11-4/h8-10,12-19H,1,3,11H2,2,4-7H3/b13-9-,14-12-. The van der Waals surface area contributed by atoms with Gasteiger partial charge in [-0.3, -0.25) is 0 Å². The monoisotopic (exact) mass is 356 g/mol. The van der Waals surface area contributed by atoms with Gasteiger partial charge < -0.3 is 0 Å². The van der Waals surface area contributed by atoms with Crippen molar-refractivity contribution < 1.29 is 0 Å². The van der Waals surface area contributed by atoms with Crippen LogP contribution >= 0.6 is 0 Å². The molecule has 27 heavy (non-hydrogen) atoms. The first-order valence-electron chi connectivity index (χ1n) is 9.72. The lowest BCUT2D eigenvalue weighted by Gasteiger charge is -2.24. The Kier molecular flexibility index (Phi) is 6.80. The van der Waals surface area contributed by atoms with Crippen molar-refractivity contribution in [1.82, 2.24) is 0 Å². The second-order valence-electron chi connectivity index (χ2n) is 7.60. The number of hydrogen-bond donors (Lipinski definition) is 0. The van der Waals surface area contributed by atoms with E-state index >= 15 is 0 Å². The number of rotatable bonds is 7. The zero-order chi connectivity index (χ0) is 20.0. The van der Waals surface area contributed by atoms with Gasteiger partial charge in [0.2, 0.25) is 0 Å². The largest absolute Gasteiger partial charge is 0.0991 e. The van der Waals surface area contributed by atoms with Crippen molar-refractivity contribution in [2.45, 2.75) is 46.5 Å². The second-order valence-corrected chi connectivity index (χ2v) is 7.60. The molecule has 0 aromatic heterocycles. The molecule has 0 aliphatic heterocycles. The summed E-state index contributed by atoms with van der Waals surface area (Å²) in [7, 11) is 0. The van der Waals surface area contributed by atoms with Gasteiger partial charge in [0.05, 0.1) is 0 Å². The smallest absolute Gasteiger partial charge is 0.00994 e. The number of aryl methyl sites for hydroxylation is 1. The van der Waals surface area contributed by atoms with Crippen LogP contribution in [0.15, 0.2) is 61.7 Å². The van der Waals surface area contributed by atoms with Crippen molar-refractivity contribution in [2.75, 3.05) is 0 Å². The molecular formula is C27H32. The van der Waals surface area contributed by atoms with Gasteiger partial charge >= 0.3 is 0 Å². The first-order chi connectivity index (χ1) is 12.9. The third-order valence-corrected chi connectivity index (χ3v) is 5.45. The summed E-state index contributed by atoms with van der Waals surface area (Å²) in [5.41, 5.74) is 8.87. The van der Waals surface area contributed by atoms with Crippen LogP contribution in [0.5, 0.6) is 0 Å². The molecule has 2 aromatic rings. The second kappa shape index (κ2) is 8.86. The topological polar surface area (TPSA) is 0 Å². The molecule has 0 unspecified atom stereocenters. The van der Waals surface area contributed by atoms with Crippen molar-refractivity contribution >= 4 is 18.2 Å². The quantitative estimate of drug-likeness (QED) is 0.438. The summed E-state index contributed by atoms with van der Waals surface area (Å²) in [4.78, 5) is 0. The molecule has 0 fully saturated rings. The van der Waals surface area contributed by atoms with Crippen molar-refractivity contribution in [3.05, 3.63) is 89.5 Å². The van der Waals surface area contributed by atoms with E-state index in [-0.39, 0.29) is 5.41 Å². The molecule has 2 rings (SSSR count). The first-order valence-corrected chi connectivity index (χ1v) is 9.72. The average molecular weight is 357 g/mol. The molecule has 0 nitrogen and oxygen atoms in total. The predicted molar refractivity (Wildman–Crippen MR) is 124 cm³/mol. The summed E-state index contributed by atoms with van der Waals surface area (Å²) in [6, 6.07) is 11.3. The molecule has 0 amide bonds. The van der Waals surface area contributed by atoms with E-state index in [1.54, 1.807) is 0 Å². The summed E-state index contributed by atoms with van der Waals surface area (Å²) in [5.74, 6) is 0. The van der Waals surface area contributed by atoms with Gasteiger partial charge in [-0.15, -0.1) is 0 Å². The number of hydrogen-bond acceptors (Lipinski definition) is 0. The zero-order valence-electron chi connectivity index (χ0n) is 17.5. The summed E-state index contributed by atoms with van der Waals surface area (Å²) in [5, 5.41) is 0. The minimum atomic E-state index is 0.197. The Morgan fingerprint density at radius 3 is 2.15 bits per heavy atom. The van der Waals surface area contributed by atoms with E-state index in [4.69, 9.17) is 0 Å². The highest BCUT2D eigenvalue weighted by molar-refractivity contribution is 5.86. The highest BCUT2D eigenvalue weighted by Gasteiger charge is 2.18. The van der Waals surface area contributed by atoms with Crippen LogP contribution < -0.4 is 0 Å². The van der Waals surface area contributed by atoms with Crippen LogP contribution in [0.2, 0.25) is 0 Å². The van der Waals surface area contributed by atoms with E-state index in [1.807, 2.05) is 25.2 Å². The van der Waals surface area contributed by atoms with Gasteiger partial charge in [-0.2, -0.15) is 0 Å². The molecule has 0 aliphatic rings. The minimum absolute atomic E-state index is 0.197. The maximum absolute atomic E-state index is 4.08. The highest BCUT2D eigenvalue weighted by atomic mass is 14.2. The van der Waals surface area contributed by atoms with Gasteiger partial charge in [-0.1, -0.05) is 101 Å². The molecule has 140 valence electrons. The van der Waals surface area contributed by atoms with Gasteiger partial charge in [0.1, 0.15) is 0 Å². The third kappa shape index (κ3) is 4.39. The van der Waals surface area contributed by atoms with E-state index in [1.165, 1.54) is 38.9 Å². The fourth-order valence-electron chi connectivity index (χ4n) is 3.37. The van der Waals surface area contributed by atoms with Gasteiger partial charge in [0, 0.05) is 0 Å². The molecule has 2 aromatic carbocycles. The molecule has 0 aliphatic carbocycles. The van der Waals surface area contributed by atoms with Crippen LogP contribution in [0, 0.1) is 6.92 Å². The minimum Gasteiger partial charge on any atom is -0.0991 e. The SMILES string of the molecule is C=C/C=C\c1c(-c2ccc(C(C)(C)CC)cc2)cc(C)c(/C=C\C)c1C=C. The third-order valence-electron chi connectivity index (χ3n) is 5.45. The maximum Gasteiger partial charge on any atom is -0.00994 e. The van der Waals surface area contributed by atoms with Gasteiger partial charge in [0.25, 0.3) is 0 Å². The summed E-state index contributed by atoms with van der Waals surface area (Å²) in [6.45, 7) is 19.0. The van der Waals surface area contributed by atoms with E-state index in [2.05, 4.69) is 89.4 Å². The number of allylic oxidation sites excluding steroid dienone is 3. The highest BCUT2D eigenvalue weighted by Crippen LogP contribution is 2.35. The maximum atomic E-state index is 4.08. The predicted octanol–water partition coefficient (Wildman–Crippen LogP) is 8.22. The Labute approximate surface area is 165 Å². The molecule has 0 atom stereocenters. The summed E-state index contributed by atoms with van der Waals surface area (Å²) in [6.07, 6.45) is 13.3. The van der Waals surface area contributed by atoms with Gasteiger partial charge in [0.15, 0.2) is 0 Å². The fourth-order valence-corrected chi connectivity index (χ4v) is 3.37. The van der Waals surface area contributed by atoms with E-state index in [0.717, 1.165) is 6.42 Å². The van der Waals surface area contributed by atoms with E-state index in [0.29, 0.717) is 0 Å². The average Bonchev–Trinajstić information content (AvgIpc) is 2.68. The van der Waals surface area contributed by atoms with Gasteiger partial charge in [-0.05, 0) is 64.6 Å². The zero-order valence-corrected chi connectivity index (χ0v) is 17.5. The van der Waals surface area contributed by atoms with E-state index in [9.17, 15) is 0 Å². The van der Waals surface area contributed by atoms with Crippen LogP contribution in [-0.2, 0) is 5.41 Å². The molecule has 0 saturated heterocycles. The van der Waals surface area contributed by atoms with Gasteiger partial charge in [-0.25, -0.2) is 0 Å². The van der Waals surface area contributed by atoms with Crippen LogP contribution in [-0.4, -0.2) is 0 Å². The van der Waals surface area contributed by atoms with Crippen LogP contribution in [0.4, 0.5) is 0 Å². The Bertz CT molecular complexity index is 871. The Morgan fingerprint density at radius 2 is 1.63 bits per heavy atom. The van der Waals surface area contributed by atoms with Crippen molar-refractivity contribution in [1.29, 1.82) is 0 Å². The molecule has 0 heterocycles. The van der Waals surface area contributed by atoms with Crippen molar-refractivity contribution in [2.24, 2.45) is 0 Å². The normalized spacial score (nSPS) is 12.0. The lowest BCUT2D eigenvalue weighted by atomic mass is 9.81. The van der Waals surface area contributed by atoms with Crippen LogP contribution in [0.25, 0.3) is 29.4 Å². The van der Waals surface area contributed by atoms with E-state index < -0.39 is 0 Å². The lowest BCUT2D eigenvalue weighted by Crippen LogP contribution is -2.15. The van der Waals surface area contributed by atoms with Crippen LogP contribution in [0.1, 0.15) is 61.9 Å².